The lowest BCUT2D eigenvalue weighted by Crippen LogP contribution is -2.61. The van der Waals surface area contributed by atoms with Gasteiger partial charge in [-0.2, -0.15) is 0 Å². The van der Waals surface area contributed by atoms with E-state index in [2.05, 4.69) is 15.9 Å². The molecular formula is C19H27BrO11. The van der Waals surface area contributed by atoms with E-state index in [9.17, 15) is 35.7 Å². The van der Waals surface area contributed by atoms with Gasteiger partial charge in [0, 0.05) is 4.47 Å². The molecule has 0 bridgehead atoms. The molecule has 2 fully saturated rings. The summed E-state index contributed by atoms with van der Waals surface area (Å²) in [5.74, 6) is 0. The highest BCUT2D eigenvalue weighted by atomic mass is 79.9. The number of benzene rings is 1. The summed E-state index contributed by atoms with van der Waals surface area (Å²) in [6.45, 7) is -0.988. The lowest BCUT2D eigenvalue weighted by molar-refractivity contribution is -0.332. The first kappa shape index (κ1) is 24.9. The van der Waals surface area contributed by atoms with E-state index < -0.39 is 74.6 Å². The highest BCUT2D eigenvalue weighted by Gasteiger charge is 2.47. The van der Waals surface area contributed by atoms with Crippen LogP contribution in [0.25, 0.3) is 0 Å². The van der Waals surface area contributed by atoms with Gasteiger partial charge in [0.05, 0.1) is 19.8 Å². The van der Waals surface area contributed by atoms with Crippen molar-refractivity contribution in [3.8, 4) is 0 Å². The van der Waals surface area contributed by atoms with Gasteiger partial charge in [0.2, 0.25) is 0 Å². The van der Waals surface area contributed by atoms with E-state index in [0.717, 1.165) is 10.0 Å². The van der Waals surface area contributed by atoms with Crippen LogP contribution in [-0.4, -0.2) is 110 Å². The van der Waals surface area contributed by atoms with Gasteiger partial charge in [-0.25, -0.2) is 0 Å². The van der Waals surface area contributed by atoms with E-state index in [1.54, 1.807) is 12.1 Å². The first-order valence-corrected chi connectivity index (χ1v) is 10.5. The Morgan fingerprint density at radius 1 is 0.742 bits per heavy atom. The molecule has 31 heavy (non-hydrogen) atoms. The van der Waals surface area contributed by atoms with Crippen molar-refractivity contribution in [2.75, 3.05) is 13.2 Å². The molecule has 0 aliphatic carbocycles. The zero-order valence-corrected chi connectivity index (χ0v) is 17.9. The van der Waals surface area contributed by atoms with E-state index in [4.69, 9.17) is 18.9 Å². The Morgan fingerprint density at radius 2 is 1.29 bits per heavy atom. The molecule has 0 saturated carbocycles. The Labute approximate surface area is 186 Å². The van der Waals surface area contributed by atoms with Gasteiger partial charge >= 0.3 is 0 Å². The van der Waals surface area contributed by atoms with Crippen LogP contribution in [0.15, 0.2) is 28.7 Å². The normalized spacial score (nSPS) is 41.3. The molecule has 2 saturated heterocycles. The molecular weight excluding hydrogens is 484 g/mol. The smallest absolute Gasteiger partial charge is 0.187 e. The molecule has 0 aromatic heterocycles. The quantitative estimate of drug-likeness (QED) is 0.207. The second kappa shape index (κ2) is 10.9. The maximum atomic E-state index is 10.2. The summed E-state index contributed by atoms with van der Waals surface area (Å²) in [6.07, 6.45) is -14.5. The minimum absolute atomic E-state index is 0.0479. The van der Waals surface area contributed by atoms with E-state index in [1.807, 2.05) is 12.1 Å². The number of aliphatic hydroxyl groups excluding tert-OH is 7. The number of aliphatic hydroxyl groups is 7. The molecule has 176 valence electrons. The average Bonchev–Trinajstić information content (AvgIpc) is 2.77. The number of hydrogen-bond acceptors (Lipinski definition) is 11. The molecule has 2 aliphatic heterocycles. The first-order chi connectivity index (χ1) is 14.7. The largest absolute Gasteiger partial charge is 0.394 e. The van der Waals surface area contributed by atoms with E-state index in [0.29, 0.717) is 0 Å². The summed E-state index contributed by atoms with van der Waals surface area (Å²) < 4.78 is 22.5. The highest BCUT2D eigenvalue weighted by molar-refractivity contribution is 9.10. The van der Waals surface area contributed by atoms with Crippen molar-refractivity contribution in [3.05, 3.63) is 34.3 Å². The molecule has 0 spiro atoms. The monoisotopic (exact) mass is 510 g/mol. The Kier molecular flexibility index (Phi) is 8.77. The topological polar surface area (TPSA) is 179 Å². The molecule has 0 amide bonds. The maximum absolute atomic E-state index is 10.2. The molecule has 11 nitrogen and oxygen atoms in total. The minimum atomic E-state index is -1.63. The van der Waals surface area contributed by atoms with Gasteiger partial charge in [0.25, 0.3) is 0 Å². The molecule has 2 heterocycles. The van der Waals surface area contributed by atoms with Crippen LogP contribution in [0.4, 0.5) is 0 Å². The molecule has 1 aromatic carbocycles. The summed E-state index contributed by atoms with van der Waals surface area (Å²) in [6, 6.07) is 7.24. The van der Waals surface area contributed by atoms with Gasteiger partial charge in [0.15, 0.2) is 12.6 Å². The molecule has 10 atom stereocenters. The predicted octanol–water partition coefficient (Wildman–Crippen LogP) is -2.41. The average molecular weight is 511 g/mol. The van der Waals surface area contributed by atoms with Crippen molar-refractivity contribution < 1.29 is 54.7 Å². The Bertz CT molecular complexity index is 707. The second-order valence-corrected chi connectivity index (χ2v) is 8.30. The van der Waals surface area contributed by atoms with Gasteiger partial charge in [-0.3, -0.25) is 0 Å². The van der Waals surface area contributed by atoms with Gasteiger partial charge in [0.1, 0.15) is 48.8 Å². The van der Waals surface area contributed by atoms with Crippen molar-refractivity contribution in [1.82, 2.24) is 0 Å². The molecule has 12 heteroatoms. The summed E-state index contributed by atoms with van der Waals surface area (Å²) in [5.41, 5.74) is 0.771. The Balaban J connectivity index is 1.60. The van der Waals surface area contributed by atoms with Gasteiger partial charge in [-0.1, -0.05) is 34.1 Å². The fourth-order valence-electron chi connectivity index (χ4n) is 3.37. The third kappa shape index (κ3) is 5.61. The zero-order valence-electron chi connectivity index (χ0n) is 16.3. The van der Waals surface area contributed by atoms with Crippen LogP contribution in [0.1, 0.15) is 5.56 Å². The molecule has 7 N–H and O–H groups in total. The molecule has 2 aliphatic rings. The van der Waals surface area contributed by atoms with E-state index in [1.165, 1.54) is 0 Å². The molecule has 1 aromatic rings. The fourth-order valence-corrected chi connectivity index (χ4v) is 3.77. The standard InChI is InChI=1S/C19H27BrO11/c20-9-4-2-1-3-8(9)6-28-18-17(27)15(25)13(23)11(31-18)7-29-19-16(26)14(24)12(22)10(5-21)30-19/h1-4,10-19,21-27H,5-7H2/t10-,11-,12-,13-,14+,15+,16-,17-,18+,19-/m1/s1. The third-order valence-electron chi connectivity index (χ3n) is 5.30. The van der Waals surface area contributed by atoms with Crippen molar-refractivity contribution in [2.45, 2.75) is 68.0 Å². The Morgan fingerprint density at radius 3 is 1.90 bits per heavy atom. The van der Waals surface area contributed by atoms with E-state index in [-0.39, 0.29) is 6.61 Å². The summed E-state index contributed by atoms with van der Waals surface area (Å²) in [4.78, 5) is 0. The van der Waals surface area contributed by atoms with Gasteiger partial charge in [-0.15, -0.1) is 0 Å². The summed E-state index contributed by atoms with van der Waals surface area (Å²) >= 11 is 3.38. The first-order valence-electron chi connectivity index (χ1n) is 9.71. The molecule has 0 unspecified atom stereocenters. The van der Waals surface area contributed by atoms with Crippen molar-refractivity contribution in [2.24, 2.45) is 0 Å². The minimum Gasteiger partial charge on any atom is -0.394 e. The number of halogens is 1. The number of rotatable bonds is 7. The zero-order chi connectivity index (χ0) is 22.7. The van der Waals surface area contributed by atoms with Crippen LogP contribution in [0.5, 0.6) is 0 Å². The van der Waals surface area contributed by atoms with Gasteiger partial charge < -0.3 is 54.7 Å². The lowest BCUT2D eigenvalue weighted by Gasteiger charge is -2.42. The van der Waals surface area contributed by atoms with Crippen LogP contribution in [0, 0.1) is 0 Å². The third-order valence-corrected chi connectivity index (χ3v) is 6.08. The van der Waals surface area contributed by atoms with E-state index >= 15 is 0 Å². The van der Waals surface area contributed by atoms with Crippen LogP contribution in [0.2, 0.25) is 0 Å². The second-order valence-electron chi connectivity index (χ2n) is 7.45. The van der Waals surface area contributed by atoms with Crippen LogP contribution < -0.4 is 0 Å². The SMILES string of the molecule is OC[C@H]1O[C@@H](OC[C@H]2O[C@H](OCc3ccccc3Br)[C@H](O)[C@@H](O)[C@@H]2O)[C@H](O)[C@@H](O)[C@@H]1O. The summed E-state index contributed by atoms with van der Waals surface area (Å²) in [5, 5.41) is 69.5. The summed E-state index contributed by atoms with van der Waals surface area (Å²) in [7, 11) is 0. The van der Waals surface area contributed by atoms with Gasteiger partial charge in [-0.05, 0) is 11.6 Å². The van der Waals surface area contributed by atoms with Crippen LogP contribution in [-0.2, 0) is 25.6 Å². The number of hydrogen-bond donors (Lipinski definition) is 7. The van der Waals surface area contributed by atoms with Crippen molar-refractivity contribution >= 4 is 15.9 Å². The van der Waals surface area contributed by atoms with Crippen molar-refractivity contribution in [1.29, 1.82) is 0 Å². The fraction of sp³-hybridized carbons (Fsp3) is 0.684. The lowest BCUT2D eigenvalue weighted by atomic mass is 9.98. The predicted molar refractivity (Wildman–Crippen MR) is 105 cm³/mol. The number of ether oxygens (including phenoxy) is 4. The molecule has 3 rings (SSSR count). The molecule has 0 radical (unpaired) electrons. The maximum Gasteiger partial charge on any atom is 0.187 e. The van der Waals surface area contributed by atoms with Crippen LogP contribution >= 0.6 is 15.9 Å². The van der Waals surface area contributed by atoms with Crippen LogP contribution in [0.3, 0.4) is 0 Å². The highest BCUT2D eigenvalue weighted by Crippen LogP contribution is 2.27. The van der Waals surface area contributed by atoms with Crippen molar-refractivity contribution in [3.63, 3.8) is 0 Å². The Hall–Kier alpha value is -0.740.